The number of carbonyl (C=O) groups is 3. The SMILES string of the molecule is CC(C)C1(C(=O)O)C=C(C(=O)O)C(c2ccc(F)cc2)N1CC[C@H]1C[C@H](O)CC(=O)O1. The van der Waals surface area contributed by atoms with Gasteiger partial charge in [0.05, 0.1) is 24.1 Å². The van der Waals surface area contributed by atoms with Crippen LogP contribution in [0.25, 0.3) is 0 Å². The monoisotopic (exact) mass is 435 g/mol. The number of nitrogens with zero attached hydrogens (tertiary/aromatic N) is 1. The van der Waals surface area contributed by atoms with Crippen molar-refractivity contribution in [3.05, 3.63) is 47.3 Å². The molecule has 0 amide bonds. The number of rotatable bonds is 7. The number of hydrogen-bond acceptors (Lipinski definition) is 6. The van der Waals surface area contributed by atoms with E-state index in [0.717, 1.165) is 0 Å². The van der Waals surface area contributed by atoms with E-state index >= 15 is 0 Å². The molecule has 0 aromatic heterocycles. The van der Waals surface area contributed by atoms with E-state index in [9.17, 15) is 34.1 Å². The molecule has 0 saturated carbocycles. The van der Waals surface area contributed by atoms with Crippen LogP contribution in [-0.2, 0) is 19.1 Å². The number of carboxylic acids is 2. The summed E-state index contributed by atoms with van der Waals surface area (Å²) < 4.78 is 18.8. The Balaban J connectivity index is 2.01. The largest absolute Gasteiger partial charge is 0.480 e. The van der Waals surface area contributed by atoms with E-state index in [2.05, 4.69) is 0 Å². The minimum atomic E-state index is -1.62. The Labute approximate surface area is 178 Å². The van der Waals surface area contributed by atoms with E-state index in [0.29, 0.717) is 5.56 Å². The molecule has 8 nitrogen and oxygen atoms in total. The molecule has 0 aliphatic carbocycles. The second-order valence-electron chi connectivity index (χ2n) is 8.33. The van der Waals surface area contributed by atoms with Crippen LogP contribution in [0.3, 0.4) is 0 Å². The Kier molecular flexibility index (Phi) is 6.47. The summed E-state index contributed by atoms with van der Waals surface area (Å²) in [7, 11) is 0. The molecule has 31 heavy (non-hydrogen) atoms. The number of aliphatic carboxylic acids is 2. The number of hydrogen-bond donors (Lipinski definition) is 3. The lowest BCUT2D eigenvalue weighted by molar-refractivity contribution is -0.162. The second-order valence-corrected chi connectivity index (χ2v) is 8.33. The maximum atomic E-state index is 13.5. The van der Waals surface area contributed by atoms with Gasteiger partial charge in [-0.15, -0.1) is 0 Å². The summed E-state index contributed by atoms with van der Waals surface area (Å²) in [6, 6.07) is 4.34. The molecule has 2 aliphatic rings. The van der Waals surface area contributed by atoms with Gasteiger partial charge in [-0.2, -0.15) is 0 Å². The van der Waals surface area contributed by atoms with E-state index in [1.54, 1.807) is 18.7 Å². The van der Waals surface area contributed by atoms with Gasteiger partial charge >= 0.3 is 17.9 Å². The lowest BCUT2D eigenvalue weighted by Crippen LogP contribution is -2.55. The number of cyclic esters (lactones) is 1. The van der Waals surface area contributed by atoms with Gasteiger partial charge in [-0.25, -0.2) is 14.0 Å². The Morgan fingerprint density at radius 3 is 2.42 bits per heavy atom. The Morgan fingerprint density at radius 2 is 1.90 bits per heavy atom. The molecule has 4 atom stereocenters. The van der Waals surface area contributed by atoms with Crippen molar-refractivity contribution in [1.82, 2.24) is 4.90 Å². The summed E-state index contributed by atoms with van der Waals surface area (Å²) >= 11 is 0. The van der Waals surface area contributed by atoms with E-state index in [1.165, 1.54) is 30.3 Å². The zero-order valence-electron chi connectivity index (χ0n) is 17.3. The Bertz CT molecular complexity index is 898. The van der Waals surface area contributed by atoms with Crippen molar-refractivity contribution in [2.75, 3.05) is 6.54 Å². The number of ether oxygens (including phenoxy) is 1. The molecule has 0 spiro atoms. The molecule has 168 valence electrons. The van der Waals surface area contributed by atoms with Gasteiger partial charge in [0.15, 0.2) is 0 Å². The van der Waals surface area contributed by atoms with Crippen molar-refractivity contribution in [3.8, 4) is 0 Å². The molecule has 3 N–H and O–H groups in total. The Morgan fingerprint density at radius 1 is 1.26 bits per heavy atom. The minimum Gasteiger partial charge on any atom is -0.480 e. The number of halogens is 1. The fraction of sp³-hybridized carbons (Fsp3) is 0.500. The summed E-state index contributed by atoms with van der Waals surface area (Å²) in [5.41, 5.74) is -1.28. The first-order valence-corrected chi connectivity index (χ1v) is 10.2. The summed E-state index contributed by atoms with van der Waals surface area (Å²) in [5.74, 6) is -3.98. The highest BCUT2D eigenvalue weighted by atomic mass is 19.1. The van der Waals surface area contributed by atoms with Crippen LogP contribution < -0.4 is 0 Å². The number of carboxylic acid groups (broad SMARTS) is 2. The summed E-state index contributed by atoms with van der Waals surface area (Å²) in [4.78, 5) is 37.8. The van der Waals surface area contributed by atoms with Crippen molar-refractivity contribution < 1.29 is 38.8 Å². The molecule has 0 radical (unpaired) electrons. The normalized spacial score (nSPS) is 29.0. The zero-order chi connectivity index (χ0) is 22.9. The fourth-order valence-corrected chi connectivity index (χ4v) is 4.53. The number of benzene rings is 1. The van der Waals surface area contributed by atoms with Crippen LogP contribution in [0.1, 0.15) is 44.7 Å². The highest BCUT2D eigenvalue weighted by Gasteiger charge is 2.55. The molecular weight excluding hydrogens is 409 g/mol. The third kappa shape index (κ3) is 4.33. The predicted molar refractivity (Wildman–Crippen MR) is 107 cm³/mol. The number of esters is 1. The average Bonchev–Trinajstić information content (AvgIpc) is 3.03. The first-order chi connectivity index (χ1) is 14.6. The van der Waals surface area contributed by atoms with Crippen LogP contribution in [0.15, 0.2) is 35.9 Å². The van der Waals surface area contributed by atoms with Crippen LogP contribution in [0, 0.1) is 11.7 Å². The summed E-state index contributed by atoms with van der Waals surface area (Å²) in [6.45, 7) is 3.47. The topological polar surface area (TPSA) is 124 Å². The lowest BCUT2D eigenvalue weighted by atomic mass is 9.85. The number of aliphatic hydroxyl groups excluding tert-OH is 1. The van der Waals surface area contributed by atoms with Gasteiger partial charge in [0.25, 0.3) is 0 Å². The van der Waals surface area contributed by atoms with Crippen molar-refractivity contribution in [2.45, 2.75) is 56.9 Å². The van der Waals surface area contributed by atoms with Gasteiger partial charge < -0.3 is 20.1 Å². The third-order valence-electron chi connectivity index (χ3n) is 6.04. The Hall–Kier alpha value is -2.78. The molecule has 3 rings (SSSR count). The molecule has 1 aromatic rings. The quantitative estimate of drug-likeness (QED) is 0.557. The van der Waals surface area contributed by atoms with Gasteiger partial charge in [-0.05, 0) is 36.1 Å². The number of aliphatic hydroxyl groups is 1. The van der Waals surface area contributed by atoms with Gasteiger partial charge in [-0.1, -0.05) is 26.0 Å². The van der Waals surface area contributed by atoms with Gasteiger partial charge in [0.1, 0.15) is 17.5 Å². The third-order valence-corrected chi connectivity index (χ3v) is 6.04. The predicted octanol–water partition coefficient (Wildman–Crippen LogP) is 2.13. The van der Waals surface area contributed by atoms with Crippen LogP contribution >= 0.6 is 0 Å². The van der Waals surface area contributed by atoms with Crippen molar-refractivity contribution in [1.29, 1.82) is 0 Å². The molecule has 2 aliphatic heterocycles. The van der Waals surface area contributed by atoms with Crippen molar-refractivity contribution >= 4 is 17.9 Å². The maximum Gasteiger partial charge on any atom is 0.333 e. The van der Waals surface area contributed by atoms with Gasteiger partial charge in [0, 0.05) is 13.0 Å². The van der Waals surface area contributed by atoms with Crippen LogP contribution in [0.4, 0.5) is 4.39 Å². The van der Waals surface area contributed by atoms with Gasteiger partial charge in [-0.3, -0.25) is 9.69 Å². The molecule has 2 heterocycles. The van der Waals surface area contributed by atoms with Crippen molar-refractivity contribution in [3.63, 3.8) is 0 Å². The fourth-order valence-electron chi connectivity index (χ4n) is 4.53. The molecule has 1 fully saturated rings. The zero-order valence-corrected chi connectivity index (χ0v) is 17.3. The molecule has 1 saturated heterocycles. The molecule has 0 bridgehead atoms. The highest BCUT2D eigenvalue weighted by molar-refractivity contribution is 5.94. The maximum absolute atomic E-state index is 13.5. The van der Waals surface area contributed by atoms with E-state index in [-0.39, 0.29) is 31.4 Å². The minimum absolute atomic E-state index is 0.0878. The molecule has 1 aromatic carbocycles. The van der Waals surface area contributed by atoms with E-state index in [1.807, 2.05) is 0 Å². The highest BCUT2D eigenvalue weighted by Crippen LogP contribution is 2.46. The van der Waals surface area contributed by atoms with Gasteiger partial charge in [0.2, 0.25) is 0 Å². The van der Waals surface area contributed by atoms with Crippen LogP contribution in [0.5, 0.6) is 0 Å². The van der Waals surface area contributed by atoms with Crippen LogP contribution in [-0.4, -0.2) is 62.4 Å². The standard InChI is InChI=1S/C22H26FNO7/c1-12(2)22(21(29)30)11-17(20(27)28)19(13-3-5-14(23)6-4-13)24(22)8-7-16-9-15(25)10-18(26)31-16/h3-6,11-12,15-16,19,25H,7-10H2,1-2H3,(H,27,28)(H,29,30)/t15-,16-,19?,22?/m0/s1. The molecule has 9 heteroatoms. The average molecular weight is 435 g/mol. The van der Waals surface area contributed by atoms with E-state index < -0.39 is 53.4 Å². The summed E-state index contributed by atoms with van der Waals surface area (Å²) in [5, 5.41) is 29.9. The summed E-state index contributed by atoms with van der Waals surface area (Å²) in [6.07, 6.45) is 0.161. The second kappa shape index (κ2) is 8.76. The number of carbonyl (C=O) groups excluding carboxylic acids is 1. The first kappa shape index (κ1) is 22.9. The van der Waals surface area contributed by atoms with E-state index in [4.69, 9.17) is 4.74 Å². The smallest absolute Gasteiger partial charge is 0.333 e. The lowest BCUT2D eigenvalue weighted by Gasteiger charge is -2.41. The van der Waals surface area contributed by atoms with Crippen molar-refractivity contribution in [2.24, 2.45) is 5.92 Å². The van der Waals surface area contributed by atoms with Crippen LogP contribution in [0.2, 0.25) is 0 Å². The molecule has 2 unspecified atom stereocenters. The first-order valence-electron chi connectivity index (χ1n) is 10.2. The molecular formula is C22H26FNO7.